The Morgan fingerprint density at radius 1 is 1.38 bits per heavy atom. The van der Waals surface area contributed by atoms with Crippen LogP contribution in [0.25, 0.3) is 0 Å². The molecular formula is C13H26N2O. The summed E-state index contributed by atoms with van der Waals surface area (Å²) in [6.45, 7) is 7.90. The van der Waals surface area contributed by atoms with E-state index in [-0.39, 0.29) is 5.91 Å². The van der Waals surface area contributed by atoms with Gasteiger partial charge in [0.2, 0.25) is 5.91 Å². The highest BCUT2D eigenvalue weighted by molar-refractivity contribution is 5.78. The van der Waals surface area contributed by atoms with Gasteiger partial charge in [-0.05, 0) is 44.6 Å². The molecule has 0 bridgehead atoms. The molecule has 1 rings (SSSR count). The van der Waals surface area contributed by atoms with E-state index in [0.29, 0.717) is 12.6 Å². The zero-order chi connectivity index (χ0) is 12.0. The number of nitrogens with one attached hydrogen (secondary N) is 2. The van der Waals surface area contributed by atoms with E-state index >= 15 is 0 Å². The Bertz CT molecular complexity index is 214. The van der Waals surface area contributed by atoms with Crippen LogP contribution in [0, 0.1) is 11.8 Å². The number of carbonyl (C=O) groups is 1. The van der Waals surface area contributed by atoms with E-state index in [9.17, 15) is 4.79 Å². The van der Waals surface area contributed by atoms with Gasteiger partial charge in [0, 0.05) is 6.04 Å². The van der Waals surface area contributed by atoms with E-state index in [0.717, 1.165) is 31.2 Å². The molecule has 0 radical (unpaired) electrons. The van der Waals surface area contributed by atoms with Crippen LogP contribution in [0.2, 0.25) is 0 Å². The first-order valence-electron chi connectivity index (χ1n) is 6.63. The number of carbonyl (C=O) groups excluding carboxylic acids is 1. The molecule has 2 N–H and O–H groups in total. The molecule has 0 aromatic heterocycles. The number of amides is 1. The van der Waals surface area contributed by atoms with Gasteiger partial charge < -0.3 is 10.6 Å². The highest BCUT2D eigenvalue weighted by Gasteiger charge is 2.27. The summed E-state index contributed by atoms with van der Waals surface area (Å²) in [5.41, 5.74) is 0. The van der Waals surface area contributed by atoms with E-state index in [2.05, 4.69) is 31.4 Å². The van der Waals surface area contributed by atoms with E-state index in [4.69, 9.17) is 0 Å². The molecule has 2 atom stereocenters. The average Bonchev–Trinajstić information content (AvgIpc) is 3.00. The van der Waals surface area contributed by atoms with Gasteiger partial charge in [-0.15, -0.1) is 0 Å². The van der Waals surface area contributed by atoms with Crippen LogP contribution in [-0.4, -0.2) is 25.0 Å². The predicted molar refractivity (Wildman–Crippen MR) is 67.3 cm³/mol. The number of hydrogen-bond donors (Lipinski definition) is 2. The molecule has 0 heterocycles. The van der Waals surface area contributed by atoms with Gasteiger partial charge >= 0.3 is 0 Å². The van der Waals surface area contributed by atoms with Crippen LogP contribution in [0.5, 0.6) is 0 Å². The Kier molecular flexibility index (Phi) is 5.81. The first-order chi connectivity index (χ1) is 7.63. The van der Waals surface area contributed by atoms with E-state index in [1.165, 1.54) is 12.8 Å². The fourth-order valence-electron chi connectivity index (χ4n) is 2.08. The summed E-state index contributed by atoms with van der Waals surface area (Å²) in [6, 6.07) is 0.306. The van der Waals surface area contributed by atoms with Gasteiger partial charge in [0.15, 0.2) is 0 Å². The first-order valence-corrected chi connectivity index (χ1v) is 6.63. The summed E-state index contributed by atoms with van der Waals surface area (Å²) >= 11 is 0. The number of hydrogen-bond acceptors (Lipinski definition) is 2. The van der Waals surface area contributed by atoms with Crippen LogP contribution < -0.4 is 10.6 Å². The molecule has 0 aromatic carbocycles. The maximum atomic E-state index is 11.5. The van der Waals surface area contributed by atoms with E-state index < -0.39 is 0 Å². The summed E-state index contributed by atoms with van der Waals surface area (Å²) in [7, 11) is 0. The lowest BCUT2D eigenvalue weighted by atomic mass is 10.1. The average molecular weight is 226 g/mol. The first kappa shape index (κ1) is 13.5. The van der Waals surface area contributed by atoms with Crippen LogP contribution in [0.4, 0.5) is 0 Å². The van der Waals surface area contributed by atoms with Crippen LogP contribution in [-0.2, 0) is 4.79 Å². The lowest BCUT2D eigenvalue weighted by Crippen LogP contribution is -2.40. The summed E-state index contributed by atoms with van der Waals surface area (Å²) in [4.78, 5) is 11.5. The monoisotopic (exact) mass is 226 g/mol. The van der Waals surface area contributed by atoms with Crippen molar-refractivity contribution in [2.75, 3.05) is 13.1 Å². The quantitative estimate of drug-likeness (QED) is 0.664. The maximum absolute atomic E-state index is 11.5. The lowest BCUT2D eigenvalue weighted by molar-refractivity contribution is -0.120. The summed E-state index contributed by atoms with van der Waals surface area (Å²) in [5.74, 6) is 1.76. The third kappa shape index (κ3) is 5.50. The van der Waals surface area contributed by atoms with Crippen LogP contribution in [0.15, 0.2) is 0 Å². The fraction of sp³-hybridized carbons (Fsp3) is 0.923. The molecule has 3 heteroatoms. The van der Waals surface area contributed by atoms with Gasteiger partial charge in [0.1, 0.15) is 0 Å². The van der Waals surface area contributed by atoms with E-state index in [1.807, 2.05) is 0 Å². The molecule has 0 aromatic rings. The standard InChI is InChI=1S/C13H26N2O/c1-4-5-11(3)15-13(16)9-14-8-10(2)12-6-7-12/h10-12,14H,4-9H2,1-3H3,(H,15,16). The van der Waals surface area contributed by atoms with Gasteiger partial charge in [0.05, 0.1) is 6.54 Å². The fourth-order valence-corrected chi connectivity index (χ4v) is 2.08. The summed E-state index contributed by atoms with van der Waals surface area (Å²) in [5, 5.41) is 6.24. The third-order valence-corrected chi connectivity index (χ3v) is 3.31. The van der Waals surface area contributed by atoms with Gasteiger partial charge in [-0.3, -0.25) is 4.79 Å². The second kappa shape index (κ2) is 6.89. The smallest absolute Gasteiger partial charge is 0.234 e. The molecule has 94 valence electrons. The van der Waals surface area contributed by atoms with Gasteiger partial charge in [0.25, 0.3) is 0 Å². The third-order valence-electron chi connectivity index (χ3n) is 3.31. The van der Waals surface area contributed by atoms with Gasteiger partial charge in [-0.1, -0.05) is 20.3 Å². The molecule has 16 heavy (non-hydrogen) atoms. The van der Waals surface area contributed by atoms with Crippen molar-refractivity contribution in [2.24, 2.45) is 11.8 Å². The Hall–Kier alpha value is -0.570. The van der Waals surface area contributed by atoms with Crippen molar-refractivity contribution in [1.29, 1.82) is 0 Å². The largest absolute Gasteiger partial charge is 0.353 e. The summed E-state index contributed by atoms with van der Waals surface area (Å²) in [6.07, 6.45) is 4.93. The SMILES string of the molecule is CCCC(C)NC(=O)CNCC(C)C1CC1. The zero-order valence-corrected chi connectivity index (χ0v) is 10.9. The van der Waals surface area contributed by atoms with Crippen molar-refractivity contribution in [1.82, 2.24) is 10.6 Å². The molecule has 0 spiro atoms. The normalized spacial score (nSPS) is 19.2. The van der Waals surface area contributed by atoms with E-state index in [1.54, 1.807) is 0 Å². The maximum Gasteiger partial charge on any atom is 0.234 e. The van der Waals surface area contributed by atoms with Crippen molar-refractivity contribution < 1.29 is 4.79 Å². The van der Waals surface area contributed by atoms with Crippen LogP contribution in [0.1, 0.15) is 46.5 Å². The molecule has 2 unspecified atom stereocenters. The second-order valence-corrected chi connectivity index (χ2v) is 5.20. The van der Waals surface area contributed by atoms with Crippen molar-refractivity contribution in [2.45, 2.75) is 52.5 Å². The molecule has 1 saturated carbocycles. The molecular weight excluding hydrogens is 200 g/mol. The van der Waals surface area contributed by atoms with Crippen LogP contribution >= 0.6 is 0 Å². The minimum absolute atomic E-state index is 0.129. The lowest BCUT2D eigenvalue weighted by Gasteiger charge is -2.14. The highest BCUT2D eigenvalue weighted by Crippen LogP contribution is 2.35. The van der Waals surface area contributed by atoms with Crippen molar-refractivity contribution in [3.63, 3.8) is 0 Å². The minimum Gasteiger partial charge on any atom is -0.353 e. The zero-order valence-electron chi connectivity index (χ0n) is 10.9. The molecule has 0 aliphatic heterocycles. The highest BCUT2D eigenvalue weighted by atomic mass is 16.1. The van der Waals surface area contributed by atoms with Crippen LogP contribution in [0.3, 0.4) is 0 Å². The second-order valence-electron chi connectivity index (χ2n) is 5.20. The minimum atomic E-state index is 0.129. The molecule has 1 aliphatic rings. The molecule has 1 fully saturated rings. The van der Waals surface area contributed by atoms with Crippen molar-refractivity contribution >= 4 is 5.91 Å². The van der Waals surface area contributed by atoms with Gasteiger partial charge in [-0.2, -0.15) is 0 Å². The number of rotatable bonds is 8. The Balaban J connectivity index is 2.00. The Morgan fingerprint density at radius 2 is 2.06 bits per heavy atom. The molecule has 3 nitrogen and oxygen atoms in total. The topological polar surface area (TPSA) is 41.1 Å². The van der Waals surface area contributed by atoms with Gasteiger partial charge in [-0.25, -0.2) is 0 Å². The van der Waals surface area contributed by atoms with Crippen molar-refractivity contribution in [3.05, 3.63) is 0 Å². The molecule has 1 amide bonds. The molecule has 0 saturated heterocycles. The Morgan fingerprint density at radius 3 is 2.62 bits per heavy atom. The van der Waals surface area contributed by atoms with Crippen molar-refractivity contribution in [3.8, 4) is 0 Å². The molecule has 1 aliphatic carbocycles. The summed E-state index contributed by atoms with van der Waals surface area (Å²) < 4.78 is 0. The predicted octanol–water partition coefficient (Wildman–Crippen LogP) is 1.93. The Labute approximate surface area is 99.4 Å².